The van der Waals surface area contributed by atoms with E-state index in [0.717, 1.165) is 5.56 Å². The average molecular weight is 365 g/mol. The van der Waals surface area contributed by atoms with Crippen molar-refractivity contribution >= 4 is 12.0 Å². The minimum absolute atomic E-state index is 0.197. The van der Waals surface area contributed by atoms with E-state index < -0.39 is 17.6 Å². The maximum atomic E-state index is 12.2. The first kappa shape index (κ1) is 23.4. The van der Waals surface area contributed by atoms with Crippen LogP contribution in [0, 0.1) is 6.92 Å². The minimum atomic E-state index is -0.609. The predicted molar refractivity (Wildman–Crippen MR) is 102 cm³/mol. The molecule has 26 heavy (non-hydrogen) atoms. The standard InChI is InChI=1S/C17H25N3O4.C2H6/c1-13-7-8-15(19-12-13)23-11-10-20(9-5-6-14(18)21)16(22)24-17(2,3)4;1-2/h5-8,12H,9-11H2,1-4H3,(H2,18,21);1-2H3/b6-5+;. The number of rotatable bonds is 7. The molecule has 0 saturated carbocycles. The average Bonchev–Trinajstić information content (AvgIpc) is 2.55. The lowest BCUT2D eigenvalue weighted by Gasteiger charge is -2.26. The number of hydrogen-bond donors (Lipinski definition) is 1. The Labute approximate surface area is 156 Å². The number of pyridine rings is 1. The van der Waals surface area contributed by atoms with Gasteiger partial charge in [-0.25, -0.2) is 9.78 Å². The molecule has 0 aliphatic rings. The second-order valence-electron chi connectivity index (χ2n) is 6.25. The van der Waals surface area contributed by atoms with Crippen molar-refractivity contribution in [3.8, 4) is 5.88 Å². The van der Waals surface area contributed by atoms with Crippen LogP contribution in [0.15, 0.2) is 30.5 Å². The zero-order chi connectivity index (χ0) is 20.2. The van der Waals surface area contributed by atoms with Crippen LogP contribution in [0.25, 0.3) is 0 Å². The van der Waals surface area contributed by atoms with Crippen molar-refractivity contribution in [2.45, 2.75) is 47.1 Å². The van der Waals surface area contributed by atoms with Gasteiger partial charge in [0.2, 0.25) is 11.8 Å². The third-order valence-electron chi connectivity index (χ3n) is 2.75. The largest absolute Gasteiger partial charge is 0.476 e. The molecule has 0 saturated heterocycles. The van der Waals surface area contributed by atoms with E-state index in [1.165, 1.54) is 17.1 Å². The third kappa shape index (κ3) is 11.1. The smallest absolute Gasteiger partial charge is 0.410 e. The fourth-order valence-corrected chi connectivity index (χ4v) is 1.68. The Morgan fingerprint density at radius 3 is 2.42 bits per heavy atom. The summed E-state index contributed by atoms with van der Waals surface area (Å²) in [4.78, 5) is 28.5. The van der Waals surface area contributed by atoms with Crippen molar-refractivity contribution < 1.29 is 19.1 Å². The van der Waals surface area contributed by atoms with Gasteiger partial charge in [0.25, 0.3) is 0 Å². The molecular weight excluding hydrogens is 334 g/mol. The number of aromatic nitrogens is 1. The van der Waals surface area contributed by atoms with Crippen LogP contribution in [0.1, 0.15) is 40.2 Å². The van der Waals surface area contributed by atoms with Crippen molar-refractivity contribution in [2.75, 3.05) is 19.7 Å². The number of hydrogen-bond acceptors (Lipinski definition) is 5. The van der Waals surface area contributed by atoms with Gasteiger partial charge in [-0.3, -0.25) is 4.79 Å². The highest BCUT2D eigenvalue weighted by atomic mass is 16.6. The summed E-state index contributed by atoms with van der Waals surface area (Å²) in [6.07, 6.45) is 3.93. The van der Waals surface area contributed by atoms with E-state index in [-0.39, 0.29) is 19.7 Å². The molecule has 0 spiro atoms. The van der Waals surface area contributed by atoms with Crippen LogP contribution in [0.5, 0.6) is 5.88 Å². The summed E-state index contributed by atoms with van der Waals surface area (Å²) in [6.45, 7) is 12.0. The van der Waals surface area contributed by atoms with Crippen molar-refractivity contribution in [2.24, 2.45) is 5.73 Å². The molecule has 0 bridgehead atoms. The summed E-state index contributed by atoms with van der Waals surface area (Å²) < 4.78 is 10.9. The number of carbonyl (C=O) groups excluding carboxylic acids is 2. The Kier molecular flexibility index (Phi) is 10.7. The molecule has 0 fully saturated rings. The molecule has 0 aromatic carbocycles. The molecule has 0 aliphatic heterocycles. The molecule has 2 amide bonds. The second-order valence-corrected chi connectivity index (χ2v) is 6.25. The molecule has 1 rings (SSSR count). The molecule has 7 nitrogen and oxygen atoms in total. The maximum Gasteiger partial charge on any atom is 0.410 e. The van der Waals surface area contributed by atoms with Crippen molar-refractivity contribution in [3.63, 3.8) is 0 Å². The monoisotopic (exact) mass is 365 g/mol. The lowest BCUT2D eigenvalue weighted by molar-refractivity contribution is -0.113. The highest BCUT2D eigenvalue weighted by Gasteiger charge is 2.21. The number of aryl methyl sites for hydroxylation is 1. The topological polar surface area (TPSA) is 94.8 Å². The number of carbonyl (C=O) groups is 2. The molecule has 0 unspecified atom stereocenters. The molecule has 2 N–H and O–H groups in total. The quantitative estimate of drug-likeness (QED) is 0.749. The summed E-state index contributed by atoms with van der Waals surface area (Å²) >= 11 is 0. The maximum absolute atomic E-state index is 12.2. The van der Waals surface area contributed by atoms with E-state index in [2.05, 4.69) is 4.98 Å². The Hall–Kier alpha value is -2.57. The first-order chi connectivity index (χ1) is 12.2. The first-order valence-corrected chi connectivity index (χ1v) is 8.67. The molecule has 146 valence electrons. The SMILES string of the molecule is CC.Cc1ccc(OCCN(C/C=C/C(N)=O)C(=O)OC(C)(C)C)nc1. The Balaban J connectivity index is 0.00000301. The van der Waals surface area contributed by atoms with Crippen LogP contribution < -0.4 is 10.5 Å². The van der Waals surface area contributed by atoms with Crippen LogP contribution >= 0.6 is 0 Å². The van der Waals surface area contributed by atoms with Gasteiger partial charge in [-0.05, 0) is 33.3 Å². The number of ether oxygens (including phenoxy) is 2. The van der Waals surface area contributed by atoms with Gasteiger partial charge in [-0.15, -0.1) is 0 Å². The van der Waals surface area contributed by atoms with Gasteiger partial charge in [0, 0.05) is 24.9 Å². The summed E-state index contributed by atoms with van der Waals surface area (Å²) in [5, 5.41) is 0. The second kappa shape index (κ2) is 11.9. The van der Waals surface area contributed by atoms with Gasteiger partial charge < -0.3 is 20.1 Å². The number of nitrogens with two attached hydrogens (primary N) is 1. The van der Waals surface area contributed by atoms with E-state index >= 15 is 0 Å². The zero-order valence-electron chi connectivity index (χ0n) is 16.6. The van der Waals surface area contributed by atoms with Crippen LogP contribution in [-0.2, 0) is 9.53 Å². The van der Waals surface area contributed by atoms with Crippen LogP contribution in [0.4, 0.5) is 4.79 Å². The lowest BCUT2D eigenvalue weighted by Crippen LogP contribution is -2.39. The molecule has 1 heterocycles. The molecule has 0 radical (unpaired) electrons. The fourth-order valence-electron chi connectivity index (χ4n) is 1.68. The fraction of sp³-hybridized carbons (Fsp3) is 0.526. The molecular formula is C19H31N3O4. The van der Waals surface area contributed by atoms with Crippen LogP contribution in [0.3, 0.4) is 0 Å². The number of primary amides is 1. The molecule has 0 atom stereocenters. The highest BCUT2D eigenvalue weighted by molar-refractivity contribution is 5.85. The predicted octanol–water partition coefficient (Wildman–Crippen LogP) is 3.07. The van der Waals surface area contributed by atoms with E-state index in [4.69, 9.17) is 15.2 Å². The Morgan fingerprint density at radius 1 is 1.27 bits per heavy atom. The number of amides is 2. The summed E-state index contributed by atoms with van der Waals surface area (Å²) in [7, 11) is 0. The van der Waals surface area contributed by atoms with Crippen molar-refractivity contribution in [1.82, 2.24) is 9.88 Å². The van der Waals surface area contributed by atoms with Crippen molar-refractivity contribution in [1.29, 1.82) is 0 Å². The first-order valence-electron chi connectivity index (χ1n) is 8.67. The molecule has 1 aromatic rings. The van der Waals surface area contributed by atoms with Crippen LogP contribution in [0.2, 0.25) is 0 Å². The zero-order valence-corrected chi connectivity index (χ0v) is 16.6. The molecule has 1 aromatic heterocycles. The van der Waals surface area contributed by atoms with E-state index in [9.17, 15) is 9.59 Å². The molecule has 7 heteroatoms. The summed E-state index contributed by atoms with van der Waals surface area (Å²) in [5.41, 5.74) is 5.48. The normalized spacial score (nSPS) is 10.7. The van der Waals surface area contributed by atoms with E-state index in [0.29, 0.717) is 5.88 Å². The van der Waals surface area contributed by atoms with Gasteiger partial charge in [0.05, 0.1) is 6.54 Å². The van der Waals surface area contributed by atoms with Gasteiger partial charge in [-0.2, -0.15) is 0 Å². The highest BCUT2D eigenvalue weighted by Crippen LogP contribution is 2.11. The molecule has 0 aliphatic carbocycles. The van der Waals surface area contributed by atoms with Gasteiger partial charge in [-0.1, -0.05) is 26.0 Å². The van der Waals surface area contributed by atoms with Gasteiger partial charge in [0.1, 0.15) is 12.2 Å². The Bertz CT molecular complexity index is 577. The minimum Gasteiger partial charge on any atom is -0.476 e. The number of nitrogens with zero attached hydrogens (tertiary/aromatic N) is 2. The van der Waals surface area contributed by atoms with E-state index in [1.807, 2.05) is 26.8 Å². The third-order valence-corrected chi connectivity index (χ3v) is 2.75. The van der Waals surface area contributed by atoms with Gasteiger partial charge >= 0.3 is 6.09 Å². The Morgan fingerprint density at radius 2 is 1.92 bits per heavy atom. The van der Waals surface area contributed by atoms with Crippen LogP contribution in [-0.4, -0.2) is 47.2 Å². The lowest BCUT2D eigenvalue weighted by atomic mass is 10.2. The van der Waals surface area contributed by atoms with Crippen molar-refractivity contribution in [3.05, 3.63) is 36.0 Å². The van der Waals surface area contributed by atoms with E-state index in [1.54, 1.807) is 33.0 Å². The summed E-state index contributed by atoms with van der Waals surface area (Å²) in [5.74, 6) is -0.0864. The summed E-state index contributed by atoms with van der Waals surface area (Å²) in [6, 6.07) is 3.66. The van der Waals surface area contributed by atoms with Gasteiger partial charge in [0.15, 0.2) is 0 Å².